The Morgan fingerprint density at radius 3 is 1.38 bits per heavy atom. The van der Waals surface area contributed by atoms with E-state index in [0.29, 0.717) is 25.0 Å². The van der Waals surface area contributed by atoms with Gasteiger partial charge in [0.05, 0.1) is 0 Å². The van der Waals surface area contributed by atoms with E-state index in [-0.39, 0.29) is 24.0 Å². The van der Waals surface area contributed by atoms with Crippen molar-refractivity contribution in [3.05, 3.63) is 23.3 Å². The number of alkyl halides is 6. The fraction of sp³-hybridized carbons (Fsp3) is 0.600. The molecular weight excluding hydrogens is 454 g/mol. The van der Waals surface area contributed by atoms with Gasteiger partial charge in [0.15, 0.2) is 0 Å². The predicted octanol–water partition coefficient (Wildman–Crippen LogP) is 3.80. The van der Waals surface area contributed by atoms with E-state index < -0.39 is 48.2 Å². The molecule has 1 aromatic carbocycles. The quantitative estimate of drug-likeness (QED) is 0.380. The molecule has 29 heavy (non-hydrogen) atoms. The lowest BCUT2D eigenvalue weighted by molar-refractivity contribution is -0.0506. The topological polar surface area (TPSA) is 86.7 Å². The fourth-order valence-corrected chi connectivity index (χ4v) is 4.79. The van der Waals surface area contributed by atoms with Gasteiger partial charge in [-0.05, 0) is 43.2 Å². The van der Waals surface area contributed by atoms with Crippen molar-refractivity contribution in [1.82, 2.24) is 0 Å². The summed E-state index contributed by atoms with van der Waals surface area (Å²) in [5.41, 5.74) is -12.1. The van der Waals surface area contributed by atoms with Gasteiger partial charge in [0, 0.05) is 11.1 Å². The van der Waals surface area contributed by atoms with Crippen LogP contribution in [0.5, 0.6) is 11.5 Å². The van der Waals surface area contributed by atoms with Gasteiger partial charge in [-0.15, -0.1) is 0 Å². The van der Waals surface area contributed by atoms with Gasteiger partial charge in [-0.1, -0.05) is 12.8 Å². The number of halogens is 6. The summed E-state index contributed by atoms with van der Waals surface area (Å²) in [7, 11) is -12.0. The van der Waals surface area contributed by atoms with E-state index in [1.54, 1.807) is 0 Å². The molecule has 0 bridgehead atoms. The Kier molecular flexibility index (Phi) is 5.05. The van der Waals surface area contributed by atoms with Crippen molar-refractivity contribution in [3.63, 3.8) is 0 Å². The number of fused-ring (bicyclic) bond motifs is 1. The van der Waals surface area contributed by atoms with Crippen LogP contribution in [0.3, 0.4) is 0 Å². The molecule has 1 saturated carbocycles. The molecule has 0 aliphatic heterocycles. The van der Waals surface area contributed by atoms with Crippen molar-refractivity contribution in [1.29, 1.82) is 0 Å². The molecule has 0 unspecified atom stereocenters. The summed E-state index contributed by atoms with van der Waals surface area (Å²) in [4.78, 5) is 0. The van der Waals surface area contributed by atoms with Gasteiger partial charge in [-0.2, -0.15) is 43.2 Å². The van der Waals surface area contributed by atoms with E-state index in [9.17, 15) is 43.2 Å². The number of rotatable bonds is 4. The SMILES string of the molecule is O=S(=O)(Oc1ccc(OS(=O)(=O)C(F)(F)F)c2c1CC1(CCCC1)C2)C(F)(F)F. The summed E-state index contributed by atoms with van der Waals surface area (Å²) < 4.78 is 130. The van der Waals surface area contributed by atoms with Gasteiger partial charge in [-0.25, -0.2) is 0 Å². The Morgan fingerprint density at radius 2 is 1.07 bits per heavy atom. The zero-order chi connectivity index (χ0) is 21.9. The summed E-state index contributed by atoms with van der Waals surface area (Å²) >= 11 is 0. The third-order valence-electron chi connectivity index (χ3n) is 5.08. The maximum Gasteiger partial charge on any atom is 0.534 e. The number of hydrogen-bond acceptors (Lipinski definition) is 6. The average Bonchev–Trinajstić information content (AvgIpc) is 3.15. The van der Waals surface area contributed by atoms with E-state index in [1.165, 1.54) is 0 Å². The van der Waals surface area contributed by atoms with Crippen LogP contribution in [-0.2, 0) is 33.1 Å². The molecule has 0 radical (unpaired) electrons. The lowest BCUT2D eigenvalue weighted by atomic mass is 9.83. The Hall–Kier alpha value is -1.70. The Labute approximate surface area is 162 Å². The van der Waals surface area contributed by atoms with Crippen LogP contribution < -0.4 is 8.37 Å². The molecule has 1 spiro atoms. The highest BCUT2D eigenvalue weighted by molar-refractivity contribution is 7.88. The van der Waals surface area contributed by atoms with Crippen LogP contribution >= 0.6 is 0 Å². The molecule has 1 aromatic rings. The molecule has 0 aromatic heterocycles. The normalized spacial score (nSPS) is 19.4. The highest BCUT2D eigenvalue weighted by Crippen LogP contribution is 2.53. The fourth-order valence-electron chi connectivity index (χ4n) is 3.82. The molecule has 1 fully saturated rings. The first-order valence-electron chi connectivity index (χ1n) is 8.23. The zero-order valence-electron chi connectivity index (χ0n) is 14.4. The van der Waals surface area contributed by atoms with E-state index in [0.717, 1.165) is 12.8 Å². The molecule has 0 saturated heterocycles. The van der Waals surface area contributed by atoms with Crippen LogP contribution in [0, 0.1) is 5.41 Å². The second kappa shape index (κ2) is 6.65. The van der Waals surface area contributed by atoms with Gasteiger partial charge in [-0.3, -0.25) is 0 Å². The first-order valence-corrected chi connectivity index (χ1v) is 11.0. The van der Waals surface area contributed by atoms with Gasteiger partial charge < -0.3 is 8.37 Å². The summed E-state index contributed by atoms with van der Waals surface area (Å²) in [6.45, 7) is 0. The van der Waals surface area contributed by atoms with Crippen LogP contribution in [0.2, 0.25) is 0 Å². The molecule has 2 aliphatic rings. The Balaban J connectivity index is 2.06. The van der Waals surface area contributed by atoms with E-state index >= 15 is 0 Å². The molecule has 6 nitrogen and oxygen atoms in total. The molecule has 14 heteroatoms. The van der Waals surface area contributed by atoms with E-state index in [2.05, 4.69) is 8.37 Å². The lowest BCUT2D eigenvalue weighted by Gasteiger charge is -2.21. The second-order valence-corrected chi connectivity index (χ2v) is 10.1. The maximum atomic E-state index is 12.7. The Bertz CT molecular complexity index is 944. The van der Waals surface area contributed by atoms with E-state index in [4.69, 9.17) is 0 Å². The van der Waals surface area contributed by atoms with Crippen molar-refractivity contribution in [2.45, 2.75) is 49.5 Å². The second-order valence-electron chi connectivity index (χ2n) is 7.05. The highest BCUT2D eigenvalue weighted by atomic mass is 32.2. The average molecular weight is 468 g/mol. The third kappa shape index (κ3) is 4.00. The van der Waals surface area contributed by atoms with Crippen molar-refractivity contribution >= 4 is 20.2 Å². The molecule has 0 amide bonds. The molecule has 0 heterocycles. The van der Waals surface area contributed by atoms with Gasteiger partial charge in [0.2, 0.25) is 0 Å². The summed E-state index contributed by atoms with van der Waals surface area (Å²) in [5, 5.41) is 0. The highest BCUT2D eigenvalue weighted by Gasteiger charge is 2.51. The molecule has 164 valence electrons. The van der Waals surface area contributed by atoms with Crippen LogP contribution in [0.4, 0.5) is 26.3 Å². The summed E-state index contributed by atoms with van der Waals surface area (Å²) in [6.07, 6.45) is 2.80. The zero-order valence-corrected chi connectivity index (χ0v) is 16.1. The van der Waals surface area contributed by atoms with Crippen molar-refractivity contribution in [2.24, 2.45) is 5.41 Å². The van der Waals surface area contributed by atoms with Gasteiger partial charge in [0.25, 0.3) is 0 Å². The standard InChI is InChI=1S/C15H14F6O6S2/c16-14(17,18)28(22,23)26-11-3-4-12(27-29(24,25)15(19,20)21)10-8-13(7-9(10)11)5-1-2-6-13/h3-4H,1-2,5-8H2. The molecular formula is C15H14F6O6S2. The predicted molar refractivity (Wildman–Crippen MR) is 86.0 cm³/mol. The van der Waals surface area contributed by atoms with Crippen molar-refractivity contribution in [2.75, 3.05) is 0 Å². The maximum absolute atomic E-state index is 12.7. The monoisotopic (exact) mass is 468 g/mol. The minimum atomic E-state index is -6.02. The van der Waals surface area contributed by atoms with Crippen molar-refractivity contribution in [3.8, 4) is 11.5 Å². The first-order chi connectivity index (χ1) is 13.1. The van der Waals surface area contributed by atoms with Gasteiger partial charge in [0.1, 0.15) is 11.5 Å². The van der Waals surface area contributed by atoms with Crippen molar-refractivity contribution < 1.29 is 51.5 Å². The molecule has 3 rings (SSSR count). The molecule has 2 aliphatic carbocycles. The molecule has 0 N–H and O–H groups in total. The third-order valence-corrected chi connectivity index (χ3v) is 7.01. The minimum Gasteiger partial charge on any atom is -0.376 e. The van der Waals surface area contributed by atoms with E-state index in [1.807, 2.05) is 0 Å². The van der Waals surface area contributed by atoms with Crippen LogP contribution in [0.25, 0.3) is 0 Å². The molecule has 0 atom stereocenters. The van der Waals surface area contributed by atoms with Crippen LogP contribution in [0.15, 0.2) is 12.1 Å². The lowest BCUT2D eigenvalue weighted by Crippen LogP contribution is -2.29. The minimum absolute atomic E-state index is 0.0360. The van der Waals surface area contributed by atoms with Gasteiger partial charge >= 0.3 is 31.3 Å². The summed E-state index contributed by atoms with van der Waals surface area (Å²) in [5.74, 6) is -1.42. The summed E-state index contributed by atoms with van der Waals surface area (Å²) in [6, 6.07) is 1.33. The number of benzene rings is 1. The Morgan fingerprint density at radius 1 is 0.724 bits per heavy atom. The van der Waals surface area contributed by atoms with Crippen LogP contribution in [0.1, 0.15) is 36.8 Å². The van der Waals surface area contributed by atoms with Crippen LogP contribution in [-0.4, -0.2) is 27.9 Å². The first kappa shape index (κ1) is 22.0. The smallest absolute Gasteiger partial charge is 0.376 e. The number of hydrogen-bond donors (Lipinski definition) is 0. The largest absolute Gasteiger partial charge is 0.534 e.